The number of piperidine rings is 1. The van der Waals surface area contributed by atoms with Crippen LogP contribution in [0.2, 0.25) is 5.02 Å². The van der Waals surface area contributed by atoms with Crippen molar-refractivity contribution >= 4 is 28.2 Å². The summed E-state index contributed by atoms with van der Waals surface area (Å²) in [5.41, 5.74) is 3.90. The van der Waals surface area contributed by atoms with Gasteiger partial charge in [-0.15, -0.1) is 0 Å². The van der Waals surface area contributed by atoms with E-state index in [9.17, 15) is 5.11 Å². The summed E-state index contributed by atoms with van der Waals surface area (Å²) in [5, 5.41) is 21.6. The maximum Gasteiger partial charge on any atom is 0.103 e. The standard InChI is InChI=1S/C24H26ClN5O2/c1-22(31)16-4-17(22)9-28(8-16)21-5-20-15(3-19(21)25)6-27-30(20)18-7-26-29(10-18)24-11-23(12-24,13-24)14-32-2/h3-7,10,16,31H,8-9,11-14H2,1-2H3. The van der Waals surface area contributed by atoms with Crippen LogP contribution in [0.5, 0.6) is 0 Å². The van der Waals surface area contributed by atoms with Gasteiger partial charge in [-0.3, -0.25) is 4.68 Å². The second kappa shape index (κ2) is 5.95. The van der Waals surface area contributed by atoms with E-state index >= 15 is 0 Å². The summed E-state index contributed by atoms with van der Waals surface area (Å²) in [7, 11) is 1.79. The molecule has 32 heavy (non-hydrogen) atoms. The van der Waals surface area contributed by atoms with Gasteiger partial charge in [-0.2, -0.15) is 10.2 Å². The molecule has 3 saturated carbocycles. The number of rotatable bonds is 5. The molecule has 1 N–H and O–H groups in total. The van der Waals surface area contributed by atoms with E-state index in [1.807, 2.05) is 30.1 Å². The van der Waals surface area contributed by atoms with Crippen molar-refractivity contribution in [2.75, 3.05) is 31.7 Å². The lowest BCUT2D eigenvalue weighted by Gasteiger charge is -2.70. The molecule has 4 aliphatic carbocycles. The Bertz CT molecular complexity index is 1290. The number of ether oxygens (including phenoxy) is 1. The molecular weight excluding hydrogens is 426 g/mol. The smallest absolute Gasteiger partial charge is 0.103 e. The van der Waals surface area contributed by atoms with Crippen LogP contribution in [0.25, 0.3) is 16.6 Å². The Balaban J connectivity index is 1.20. The lowest BCUT2D eigenvalue weighted by Crippen LogP contribution is -2.69. The van der Waals surface area contributed by atoms with Crippen molar-refractivity contribution in [3.63, 3.8) is 0 Å². The van der Waals surface area contributed by atoms with Crippen LogP contribution in [-0.4, -0.2) is 57.1 Å². The van der Waals surface area contributed by atoms with Crippen LogP contribution >= 0.6 is 11.6 Å². The Morgan fingerprint density at radius 3 is 2.72 bits per heavy atom. The van der Waals surface area contributed by atoms with Gasteiger partial charge in [0.1, 0.15) is 5.69 Å². The highest BCUT2D eigenvalue weighted by molar-refractivity contribution is 6.34. The number of fused-ring (bicyclic) bond motifs is 3. The van der Waals surface area contributed by atoms with Gasteiger partial charge in [-0.25, -0.2) is 4.68 Å². The molecule has 4 heterocycles. The Morgan fingerprint density at radius 1 is 1.22 bits per heavy atom. The third-order valence-corrected chi connectivity index (χ3v) is 8.70. The third-order valence-electron chi connectivity index (χ3n) is 8.39. The number of nitrogens with zero attached hydrogens (tertiary/aromatic N) is 5. The summed E-state index contributed by atoms with van der Waals surface area (Å²) >= 11 is 6.67. The van der Waals surface area contributed by atoms with Gasteiger partial charge in [0.05, 0.1) is 52.6 Å². The number of hydrogen-bond acceptors (Lipinski definition) is 5. The number of hydrogen-bond donors (Lipinski definition) is 1. The van der Waals surface area contributed by atoms with Crippen LogP contribution in [0.1, 0.15) is 26.2 Å². The zero-order valence-corrected chi connectivity index (χ0v) is 19.0. The second-order valence-corrected chi connectivity index (χ2v) is 11.0. The molecule has 0 spiro atoms. The first-order chi connectivity index (χ1) is 15.3. The van der Waals surface area contributed by atoms with Crippen molar-refractivity contribution in [2.24, 2.45) is 11.3 Å². The largest absolute Gasteiger partial charge is 0.385 e. The Morgan fingerprint density at radius 2 is 2.03 bits per heavy atom. The first-order valence-electron chi connectivity index (χ1n) is 11.2. The number of aliphatic hydroxyl groups is 1. The highest BCUT2D eigenvalue weighted by Crippen LogP contribution is 2.71. The second-order valence-electron chi connectivity index (χ2n) is 10.6. The summed E-state index contributed by atoms with van der Waals surface area (Å²) < 4.78 is 9.48. The van der Waals surface area contributed by atoms with Crippen LogP contribution in [0, 0.1) is 11.3 Å². The summed E-state index contributed by atoms with van der Waals surface area (Å²) in [6.07, 6.45) is 11.5. The van der Waals surface area contributed by atoms with Gasteiger partial charge in [0.15, 0.2) is 0 Å². The van der Waals surface area contributed by atoms with E-state index in [1.165, 1.54) is 0 Å². The highest BCUT2D eigenvalue weighted by atomic mass is 35.5. The maximum atomic E-state index is 10.5. The zero-order chi connectivity index (χ0) is 21.9. The van der Waals surface area contributed by atoms with E-state index in [2.05, 4.69) is 33.0 Å². The van der Waals surface area contributed by atoms with E-state index in [4.69, 9.17) is 21.4 Å². The molecule has 4 bridgehead atoms. The summed E-state index contributed by atoms with van der Waals surface area (Å²) in [6.45, 7) is 4.22. The predicted octanol–water partition coefficient (Wildman–Crippen LogP) is 3.53. The van der Waals surface area contributed by atoms with Crippen molar-refractivity contribution in [3.05, 3.63) is 47.4 Å². The van der Waals surface area contributed by atoms with E-state index in [1.54, 1.807) is 7.11 Å². The van der Waals surface area contributed by atoms with Crippen molar-refractivity contribution < 1.29 is 9.84 Å². The maximum absolute atomic E-state index is 10.5. The van der Waals surface area contributed by atoms with Crippen molar-refractivity contribution in [3.8, 4) is 5.69 Å². The first-order valence-corrected chi connectivity index (χ1v) is 11.6. The molecule has 1 saturated heterocycles. The zero-order valence-electron chi connectivity index (χ0n) is 18.3. The summed E-state index contributed by atoms with van der Waals surface area (Å²) in [4.78, 5) is 2.26. The van der Waals surface area contributed by atoms with Gasteiger partial charge in [0, 0.05) is 36.9 Å². The van der Waals surface area contributed by atoms with Crippen molar-refractivity contribution in [1.29, 1.82) is 0 Å². The Labute approximate surface area is 191 Å². The molecule has 8 heteroatoms. The van der Waals surface area contributed by atoms with E-state index in [0.29, 0.717) is 17.0 Å². The SMILES string of the molecule is COCC12CC(n3cc(-n4ncc5cc(Cl)c(N6CC7=CC(C6)C7(C)O)cc54)cn3)(C1)C2. The minimum atomic E-state index is -0.674. The van der Waals surface area contributed by atoms with Crippen LogP contribution in [0.4, 0.5) is 5.69 Å². The number of anilines is 1. The molecule has 7 nitrogen and oxygen atoms in total. The molecule has 166 valence electrons. The van der Waals surface area contributed by atoms with Gasteiger partial charge >= 0.3 is 0 Å². The van der Waals surface area contributed by atoms with Crippen LogP contribution in [0.15, 0.2) is 42.4 Å². The number of aromatic nitrogens is 4. The number of methoxy groups -OCH3 is 1. The van der Waals surface area contributed by atoms with E-state index < -0.39 is 5.60 Å². The predicted molar refractivity (Wildman–Crippen MR) is 122 cm³/mol. The molecule has 2 aromatic heterocycles. The van der Waals surface area contributed by atoms with E-state index in [-0.39, 0.29) is 11.5 Å². The topological polar surface area (TPSA) is 68.3 Å². The van der Waals surface area contributed by atoms with Crippen LogP contribution in [0.3, 0.4) is 0 Å². The van der Waals surface area contributed by atoms with Gasteiger partial charge in [0.2, 0.25) is 0 Å². The van der Waals surface area contributed by atoms with Crippen LogP contribution in [-0.2, 0) is 10.3 Å². The fraction of sp³-hybridized carbons (Fsp3) is 0.500. The molecule has 9 rings (SSSR count). The Kier molecular flexibility index (Phi) is 3.56. The molecule has 2 unspecified atom stereocenters. The number of halogens is 1. The lowest BCUT2D eigenvalue weighted by molar-refractivity contribution is -0.217. The van der Waals surface area contributed by atoms with Crippen LogP contribution < -0.4 is 4.90 Å². The van der Waals surface area contributed by atoms with Crippen molar-refractivity contribution in [1.82, 2.24) is 19.6 Å². The molecular formula is C24H26ClN5O2. The third kappa shape index (κ3) is 2.34. The minimum absolute atomic E-state index is 0.149. The molecule has 2 aliphatic heterocycles. The highest BCUT2D eigenvalue weighted by Gasteiger charge is 2.69. The fourth-order valence-corrected chi connectivity index (χ4v) is 6.95. The van der Waals surface area contributed by atoms with Gasteiger partial charge < -0.3 is 14.7 Å². The van der Waals surface area contributed by atoms with Gasteiger partial charge in [-0.05, 0) is 43.9 Å². The molecule has 6 aliphatic rings. The number of benzene rings is 1. The lowest BCUT2D eigenvalue weighted by atomic mass is 9.39. The quantitative estimate of drug-likeness (QED) is 0.601. The summed E-state index contributed by atoms with van der Waals surface area (Å²) in [5.74, 6) is 0.149. The van der Waals surface area contributed by atoms with Crippen molar-refractivity contribution in [2.45, 2.75) is 37.3 Å². The van der Waals surface area contributed by atoms with Gasteiger partial charge in [-0.1, -0.05) is 17.7 Å². The van der Waals surface area contributed by atoms with Gasteiger partial charge in [0.25, 0.3) is 0 Å². The fourth-order valence-electron chi connectivity index (χ4n) is 6.66. The molecule has 2 atom stereocenters. The average Bonchev–Trinajstić information content (AvgIpc) is 3.35. The summed E-state index contributed by atoms with van der Waals surface area (Å²) in [6, 6.07) is 4.11. The Hall–Kier alpha value is -2.35. The molecule has 1 aromatic carbocycles. The van der Waals surface area contributed by atoms with E-state index in [0.717, 1.165) is 60.3 Å². The minimum Gasteiger partial charge on any atom is -0.385 e. The molecule has 4 fully saturated rings. The average molecular weight is 452 g/mol. The molecule has 0 radical (unpaired) electrons. The molecule has 0 amide bonds. The monoisotopic (exact) mass is 451 g/mol. The normalized spacial score (nSPS) is 34.7. The molecule has 3 aromatic rings. The first kappa shape index (κ1) is 19.1.